The molecule has 1 aromatic carbocycles. The third kappa shape index (κ3) is 3.26. The molecule has 19 heavy (non-hydrogen) atoms. The van der Waals surface area contributed by atoms with E-state index in [1.54, 1.807) is 26.1 Å². The molecule has 1 atom stereocenters. The lowest BCUT2D eigenvalue weighted by Crippen LogP contribution is -2.27. The fraction of sp³-hybridized carbons (Fsp3) is 0.533. The van der Waals surface area contributed by atoms with Crippen LogP contribution in [0.4, 0.5) is 0 Å². The summed E-state index contributed by atoms with van der Waals surface area (Å²) in [6.45, 7) is 6.03. The molecule has 0 aliphatic rings. The van der Waals surface area contributed by atoms with E-state index in [0.717, 1.165) is 28.0 Å². The summed E-state index contributed by atoms with van der Waals surface area (Å²) in [6, 6.07) is 1.74. The molecule has 1 aromatic rings. The summed E-state index contributed by atoms with van der Waals surface area (Å²) in [5, 5.41) is 0. The zero-order chi connectivity index (χ0) is 14.7. The Morgan fingerprint density at radius 3 is 2.37 bits per heavy atom. The fourth-order valence-corrected chi connectivity index (χ4v) is 2.27. The average molecular weight is 264 g/mol. The van der Waals surface area contributed by atoms with Gasteiger partial charge in [-0.25, -0.2) is 0 Å². The summed E-state index contributed by atoms with van der Waals surface area (Å²) in [5.74, 6) is 0.936. The first kappa shape index (κ1) is 15.5. The number of carbonyl (C=O) groups excluding carboxylic acids is 1. The van der Waals surface area contributed by atoms with Crippen LogP contribution in [0.5, 0.6) is 5.75 Å². The first-order chi connectivity index (χ1) is 8.79. The number of carbonyl (C=O) groups is 1. The molecule has 0 heterocycles. The number of hydrogen-bond donors (Lipinski definition) is 1. The van der Waals surface area contributed by atoms with E-state index < -0.39 is 0 Å². The standard InChI is InChI=1S/C15H24N2O2/c1-9-7-12(10(2)11(3)15(9)19-6)13(16)8-14(18)17(4)5/h7,13H,8,16H2,1-6H3. The number of benzene rings is 1. The molecule has 4 heteroatoms. The minimum Gasteiger partial charge on any atom is -0.496 e. The molecule has 0 bridgehead atoms. The van der Waals surface area contributed by atoms with Gasteiger partial charge in [0.1, 0.15) is 5.75 Å². The second-order valence-electron chi connectivity index (χ2n) is 5.16. The first-order valence-corrected chi connectivity index (χ1v) is 6.40. The van der Waals surface area contributed by atoms with Gasteiger partial charge in [-0.15, -0.1) is 0 Å². The van der Waals surface area contributed by atoms with Crippen LogP contribution < -0.4 is 10.5 Å². The van der Waals surface area contributed by atoms with Crippen molar-refractivity contribution in [1.82, 2.24) is 4.90 Å². The lowest BCUT2D eigenvalue weighted by atomic mass is 9.92. The van der Waals surface area contributed by atoms with Crippen LogP contribution >= 0.6 is 0 Å². The van der Waals surface area contributed by atoms with Gasteiger partial charge in [0.2, 0.25) is 5.91 Å². The molecule has 1 amide bonds. The van der Waals surface area contributed by atoms with Crippen LogP contribution in [-0.4, -0.2) is 32.0 Å². The maximum Gasteiger partial charge on any atom is 0.223 e. The smallest absolute Gasteiger partial charge is 0.223 e. The van der Waals surface area contributed by atoms with Crippen molar-refractivity contribution in [1.29, 1.82) is 0 Å². The molecule has 1 rings (SSSR count). The molecule has 0 fully saturated rings. The van der Waals surface area contributed by atoms with E-state index in [2.05, 4.69) is 0 Å². The molecule has 2 N–H and O–H groups in total. The van der Waals surface area contributed by atoms with Crippen molar-refractivity contribution >= 4 is 5.91 Å². The third-order valence-electron chi connectivity index (χ3n) is 3.56. The van der Waals surface area contributed by atoms with E-state index in [0.29, 0.717) is 6.42 Å². The Kier molecular flexibility index (Phi) is 4.95. The summed E-state index contributed by atoms with van der Waals surface area (Å²) >= 11 is 0. The maximum absolute atomic E-state index is 11.8. The van der Waals surface area contributed by atoms with E-state index >= 15 is 0 Å². The predicted octanol–water partition coefficient (Wildman–Crippen LogP) is 2.10. The summed E-state index contributed by atoms with van der Waals surface area (Å²) in [4.78, 5) is 13.3. The number of ether oxygens (including phenoxy) is 1. The zero-order valence-corrected chi connectivity index (χ0v) is 12.7. The normalized spacial score (nSPS) is 12.2. The van der Waals surface area contributed by atoms with Crippen LogP contribution in [0, 0.1) is 20.8 Å². The van der Waals surface area contributed by atoms with Gasteiger partial charge >= 0.3 is 0 Å². The van der Waals surface area contributed by atoms with E-state index in [1.165, 1.54) is 0 Å². The fourth-order valence-electron chi connectivity index (χ4n) is 2.27. The SMILES string of the molecule is COc1c(C)cc(C(N)CC(=O)N(C)C)c(C)c1C. The molecule has 0 aliphatic carbocycles. The van der Waals surface area contributed by atoms with Crippen LogP contribution in [0.3, 0.4) is 0 Å². The molecule has 0 radical (unpaired) electrons. The molecule has 1 unspecified atom stereocenters. The molecule has 0 saturated heterocycles. The van der Waals surface area contributed by atoms with Crippen molar-refractivity contribution in [3.05, 3.63) is 28.3 Å². The Balaban J connectivity index is 3.11. The number of nitrogens with zero attached hydrogens (tertiary/aromatic N) is 1. The molecular formula is C15H24N2O2. The summed E-state index contributed by atoms with van der Waals surface area (Å²) in [6.07, 6.45) is 0.319. The summed E-state index contributed by atoms with van der Waals surface area (Å²) in [5.41, 5.74) is 10.4. The minimum absolute atomic E-state index is 0.0398. The van der Waals surface area contributed by atoms with Gasteiger partial charge in [-0.05, 0) is 43.0 Å². The van der Waals surface area contributed by atoms with Gasteiger partial charge in [0, 0.05) is 26.6 Å². The molecular weight excluding hydrogens is 240 g/mol. The highest BCUT2D eigenvalue weighted by molar-refractivity contribution is 5.76. The maximum atomic E-state index is 11.8. The van der Waals surface area contributed by atoms with E-state index in [-0.39, 0.29) is 11.9 Å². The Morgan fingerprint density at radius 2 is 1.89 bits per heavy atom. The topological polar surface area (TPSA) is 55.6 Å². The van der Waals surface area contributed by atoms with E-state index in [4.69, 9.17) is 10.5 Å². The van der Waals surface area contributed by atoms with Gasteiger partial charge in [0.15, 0.2) is 0 Å². The van der Waals surface area contributed by atoms with E-state index in [9.17, 15) is 4.79 Å². The van der Waals surface area contributed by atoms with Crippen molar-refractivity contribution < 1.29 is 9.53 Å². The van der Waals surface area contributed by atoms with Crippen molar-refractivity contribution in [3.8, 4) is 5.75 Å². The second-order valence-corrected chi connectivity index (χ2v) is 5.16. The third-order valence-corrected chi connectivity index (χ3v) is 3.56. The van der Waals surface area contributed by atoms with Gasteiger partial charge in [0.25, 0.3) is 0 Å². The lowest BCUT2D eigenvalue weighted by molar-refractivity contribution is -0.129. The van der Waals surface area contributed by atoms with Crippen LogP contribution in [0.2, 0.25) is 0 Å². The van der Waals surface area contributed by atoms with Gasteiger partial charge < -0.3 is 15.4 Å². The first-order valence-electron chi connectivity index (χ1n) is 6.40. The van der Waals surface area contributed by atoms with Crippen molar-refractivity contribution in [2.45, 2.75) is 33.2 Å². The van der Waals surface area contributed by atoms with Crippen LogP contribution in [-0.2, 0) is 4.79 Å². The zero-order valence-electron chi connectivity index (χ0n) is 12.7. The quantitative estimate of drug-likeness (QED) is 0.906. The van der Waals surface area contributed by atoms with E-state index in [1.807, 2.05) is 26.8 Å². The van der Waals surface area contributed by atoms with Crippen LogP contribution in [0.15, 0.2) is 6.07 Å². The molecule has 0 aromatic heterocycles. The predicted molar refractivity (Wildman–Crippen MR) is 77.4 cm³/mol. The lowest BCUT2D eigenvalue weighted by Gasteiger charge is -2.21. The Morgan fingerprint density at radius 1 is 1.32 bits per heavy atom. The Hall–Kier alpha value is -1.55. The number of amides is 1. The number of aryl methyl sites for hydroxylation is 1. The van der Waals surface area contributed by atoms with Gasteiger partial charge in [-0.1, -0.05) is 6.07 Å². The van der Waals surface area contributed by atoms with Crippen molar-refractivity contribution in [3.63, 3.8) is 0 Å². The molecule has 0 spiro atoms. The Labute approximate surface area is 115 Å². The average Bonchev–Trinajstić information content (AvgIpc) is 2.34. The molecule has 106 valence electrons. The summed E-state index contributed by atoms with van der Waals surface area (Å²) in [7, 11) is 5.16. The van der Waals surface area contributed by atoms with Gasteiger partial charge in [-0.3, -0.25) is 4.79 Å². The van der Waals surface area contributed by atoms with Crippen LogP contribution in [0.25, 0.3) is 0 Å². The van der Waals surface area contributed by atoms with Crippen LogP contribution in [0.1, 0.15) is 34.7 Å². The monoisotopic (exact) mass is 264 g/mol. The minimum atomic E-state index is -0.279. The Bertz CT molecular complexity index is 482. The summed E-state index contributed by atoms with van der Waals surface area (Å²) < 4.78 is 5.39. The highest BCUT2D eigenvalue weighted by Gasteiger charge is 2.18. The van der Waals surface area contributed by atoms with Crippen molar-refractivity contribution in [2.75, 3.05) is 21.2 Å². The van der Waals surface area contributed by atoms with Gasteiger partial charge in [0.05, 0.1) is 7.11 Å². The molecule has 0 saturated carbocycles. The highest BCUT2D eigenvalue weighted by Crippen LogP contribution is 2.31. The largest absolute Gasteiger partial charge is 0.496 e. The number of hydrogen-bond acceptors (Lipinski definition) is 3. The highest BCUT2D eigenvalue weighted by atomic mass is 16.5. The van der Waals surface area contributed by atoms with Gasteiger partial charge in [-0.2, -0.15) is 0 Å². The number of rotatable bonds is 4. The molecule has 4 nitrogen and oxygen atoms in total. The number of nitrogens with two attached hydrogens (primary N) is 1. The number of methoxy groups -OCH3 is 1. The van der Waals surface area contributed by atoms with Crippen molar-refractivity contribution in [2.24, 2.45) is 5.73 Å². The molecule has 0 aliphatic heterocycles. The second kappa shape index (κ2) is 6.06.